The summed E-state index contributed by atoms with van der Waals surface area (Å²) < 4.78 is 13.4. The SMILES string of the molecule is CCCCC(CC)COP([O-])(=S)SCC(CC)CCCC.O=S.[Mo]. The molecule has 0 amide bonds. The molecule has 24 heavy (non-hydrogen) atoms. The van der Waals surface area contributed by atoms with E-state index in [1.165, 1.54) is 43.5 Å². The van der Waals surface area contributed by atoms with Gasteiger partial charge in [0.15, 0.2) is 12.5 Å². The average molecular weight is 498 g/mol. The van der Waals surface area contributed by atoms with Crippen LogP contribution in [0.4, 0.5) is 0 Å². The van der Waals surface area contributed by atoms with E-state index in [-0.39, 0.29) is 21.1 Å². The monoisotopic (exact) mass is 499 g/mol. The van der Waals surface area contributed by atoms with Crippen molar-refractivity contribution < 1.29 is 34.7 Å². The van der Waals surface area contributed by atoms with Crippen LogP contribution in [0, 0.1) is 11.8 Å². The first-order chi connectivity index (χ1) is 11.0. The summed E-state index contributed by atoms with van der Waals surface area (Å²) in [4.78, 5) is 12.4. The summed E-state index contributed by atoms with van der Waals surface area (Å²) in [6.07, 6.45) is 9.46. The predicted molar refractivity (Wildman–Crippen MR) is 107 cm³/mol. The molecule has 3 unspecified atom stereocenters. The van der Waals surface area contributed by atoms with Crippen LogP contribution in [0.5, 0.6) is 0 Å². The van der Waals surface area contributed by atoms with Gasteiger partial charge < -0.3 is 9.42 Å². The molecule has 0 aliphatic carbocycles. The van der Waals surface area contributed by atoms with Crippen molar-refractivity contribution in [1.82, 2.24) is 0 Å². The molecule has 0 aliphatic heterocycles. The van der Waals surface area contributed by atoms with Crippen molar-refractivity contribution in [3.05, 3.63) is 0 Å². The smallest absolute Gasteiger partial charge is 0.197 e. The molecule has 0 aromatic carbocycles. The zero-order valence-corrected chi connectivity index (χ0v) is 20.9. The fourth-order valence-corrected chi connectivity index (χ4v) is 5.81. The molecule has 0 radical (unpaired) electrons. The van der Waals surface area contributed by atoms with Gasteiger partial charge in [0.1, 0.15) is 0 Å². The van der Waals surface area contributed by atoms with E-state index in [1.807, 2.05) is 0 Å². The largest absolute Gasteiger partial charge is 0.793 e. The van der Waals surface area contributed by atoms with E-state index in [9.17, 15) is 4.89 Å². The number of hydrogen-bond donors (Lipinski definition) is 0. The molecule has 0 bridgehead atoms. The fraction of sp³-hybridized carbons (Fsp3) is 1.00. The number of unbranched alkanes of at least 4 members (excludes halogenated alkanes) is 2. The van der Waals surface area contributed by atoms with Gasteiger partial charge in [-0.25, -0.2) is 0 Å². The molecule has 0 rings (SSSR count). The molecule has 3 atom stereocenters. The van der Waals surface area contributed by atoms with Gasteiger partial charge in [0.25, 0.3) is 0 Å². The van der Waals surface area contributed by atoms with Crippen LogP contribution in [0.1, 0.15) is 79.1 Å². The molecule has 146 valence electrons. The Morgan fingerprint density at radius 1 is 1.00 bits per heavy atom. The van der Waals surface area contributed by atoms with Gasteiger partial charge >= 0.3 is 0 Å². The van der Waals surface area contributed by atoms with Crippen LogP contribution in [0.2, 0.25) is 0 Å². The minimum atomic E-state index is -2.89. The molecule has 0 heterocycles. The van der Waals surface area contributed by atoms with Crippen LogP contribution in [0.3, 0.4) is 0 Å². The van der Waals surface area contributed by atoms with E-state index in [0.29, 0.717) is 18.4 Å². The van der Waals surface area contributed by atoms with Gasteiger partial charge in [0.2, 0.25) is 0 Å². The van der Waals surface area contributed by atoms with Crippen molar-refractivity contribution in [3.63, 3.8) is 0 Å². The summed E-state index contributed by atoms with van der Waals surface area (Å²) in [6.45, 7) is 9.34. The van der Waals surface area contributed by atoms with E-state index in [2.05, 4.69) is 40.2 Å². The molecular weight excluding hydrogens is 463 g/mol. The van der Waals surface area contributed by atoms with Crippen molar-refractivity contribution in [2.75, 3.05) is 12.4 Å². The van der Waals surface area contributed by atoms with Crippen molar-refractivity contribution in [3.8, 4) is 0 Å². The molecule has 3 nitrogen and oxygen atoms in total. The summed E-state index contributed by atoms with van der Waals surface area (Å²) in [5, 5.41) is 0. The van der Waals surface area contributed by atoms with E-state index in [1.54, 1.807) is 0 Å². The third kappa shape index (κ3) is 18.4. The second kappa shape index (κ2) is 20.9. The molecule has 0 aromatic heterocycles. The molecule has 0 aromatic rings. The molecule has 0 fully saturated rings. The molecule has 8 heteroatoms. The van der Waals surface area contributed by atoms with Crippen molar-refractivity contribution >= 4 is 41.4 Å². The maximum atomic E-state index is 12.4. The summed E-state index contributed by atoms with van der Waals surface area (Å²) in [5.41, 5.74) is -2.89. The van der Waals surface area contributed by atoms with Crippen molar-refractivity contribution in [2.45, 2.75) is 79.1 Å². The first-order valence-electron chi connectivity index (χ1n) is 8.75. The second-order valence-electron chi connectivity index (χ2n) is 5.87. The Labute approximate surface area is 178 Å². The van der Waals surface area contributed by atoms with Gasteiger partial charge in [-0.3, -0.25) is 0 Å². The Bertz CT molecular complexity index is 288. The molecule has 0 N–H and O–H groups in total. The van der Waals surface area contributed by atoms with E-state index >= 15 is 0 Å². The minimum absolute atomic E-state index is 0. The van der Waals surface area contributed by atoms with Gasteiger partial charge in [-0.2, -0.15) is 4.21 Å². The van der Waals surface area contributed by atoms with Crippen molar-refractivity contribution in [2.24, 2.45) is 11.8 Å². The minimum Gasteiger partial charge on any atom is -0.793 e. The third-order valence-electron chi connectivity index (χ3n) is 4.02. The Morgan fingerprint density at radius 3 is 1.88 bits per heavy atom. The Hall–Kier alpha value is 1.63. The second-order valence-corrected chi connectivity index (χ2v) is 12.0. The van der Waals surface area contributed by atoms with Crippen LogP contribution < -0.4 is 4.89 Å². The zero-order chi connectivity index (χ0) is 18.1. The fourth-order valence-electron chi connectivity index (χ4n) is 2.23. The Morgan fingerprint density at radius 2 is 1.46 bits per heavy atom. The van der Waals surface area contributed by atoms with E-state index in [4.69, 9.17) is 20.5 Å². The van der Waals surface area contributed by atoms with Gasteiger partial charge in [-0.05, 0) is 24.7 Å². The van der Waals surface area contributed by atoms with Crippen LogP contribution in [-0.4, -0.2) is 16.6 Å². The normalized spacial score (nSPS) is 15.4. The van der Waals surface area contributed by atoms with Gasteiger partial charge in [-0.15, -0.1) is 11.4 Å². The molecule has 0 aliphatic rings. The average Bonchev–Trinajstić information content (AvgIpc) is 2.57. The quantitative estimate of drug-likeness (QED) is 0.236. The summed E-state index contributed by atoms with van der Waals surface area (Å²) >= 11 is 9.42. The van der Waals surface area contributed by atoms with Gasteiger partial charge in [0.05, 0.1) is 6.61 Å². The summed E-state index contributed by atoms with van der Waals surface area (Å²) in [5.74, 6) is 2.00. The van der Waals surface area contributed by atoms with Gasteiger partial charge in [-0.1, -0.05) is 78.0 Å². The van der Waals surface area contributed by atoms with E-state index in [0.717, 1.165) is 25.0 Å². The zero-order valence-electron chi connectivity index (χ0n) is 15.5. The summed E-state index contributed by atoms with van der Waals surface area (Å²) in [7, 11) is 0. The summed E-state index contributed by atoms with van der Waals surface area (Å²) in [6, 6.07) is 0. The first kappa shape index (κ1) is 30.4. The topological polar surface area (TPSA) is 49.4 Å². The third-order valence-corrected chi connectivity index (χ3v) is 8.40. The number of rotatable bonds is 14. The van der Waals surface area contributed by atoms with Crippen LogP contribution in [0.25, 0.3) is 0 Å². The first-order valence-corrected chi connectivity index (χ1v) is 13.3. The Balaban J connectivity index is -0.00000141. The van der Waals surface area contributed by atoms with Crippen LogP contribution in [-0.2, 0) is 49.9 Å². The standard InChI is InChI=1S/C16H35O2PS2.Mo.OS/c1-5-9-11-15(7-3)13-18-19(17,20)21-14-16(8-4)12-10-6-2;;1-2/h15-16H,5-14H2,1-4H3,(H,17,20);;/p-1. The maximum Gasteiger partial charge on any atom is 0.197 e. The van der Waals surface area contributed by atoms with E-state index < -0.39 is 5.69 Å². The Kier molecular flexibility index (Phi) is 26.5. The van der Waals surface area contributed by atoms with Crippen molar-refractivity contribution in [1.29, 1.82) is 0 Å². The molecule has 0 saturated carbocycles. The molecule has 0 spiro atoms. The molecular formula is C16H34MoO3PS3-. The van der Waals surface area contributed by atoms with Crippen LogP contribution >= 0.6 is 17.1 Å². The van der Waals surface area contributed by atoms with Gasteiger partial charge in [0, 0.05) is 32.5 Å². The van der Waals surface area contributed by atoms with Crippen LogP contribution in [0.15, 0.2) is 0 Å². The number of hydrogen-bond acceptors (Lipinski definition) is 6. The predicted octanol–water partition coefficient (Wildman–Crippen LogP) is 5.42. The molecule has 0 saturated heterocycles. The maximum absolute atomic E-state index is 12.4.